The molecule has 0 saturated heterocycles. The summed E-state index contributed by atoms with van der Waals surface area (Å²) in [6.45, 7) is 1.74. The Hall–Kier alpha value is -1.77. The number of halogens is 3. The van der Waals surface area contributed by atoms with E-state index in [4.69, 9.17) is 6.42 Å². The zero-order chi connectivity index (χ0) is 12.2. The molecule has 0 aromatic carbocycles. The summed E-state index contributed by atoms with van der Waals surface area (Å²) in [6.07, 6.45) is 2.05. The van der Waals surface area contributed by atoms with Crippen molar-refractivity contribution in [2.45, 2.75) is 25.6 Å². The standard InChI is InChI=1S/C10H10F3N3/c1-3-4-7(2)15-9-14-6-5-8(16-9)10(11,12)13/h1,5-7H,4H2,2H3,(H,14,15,16). The summed E-state index contributed by atoms with van der Waals surface area (Å²) in [5, 5.41) is 2.69. The number of rotatable bonds is 3. The van der Waals surface area contributed by atoms with Gasteiger partial charge in [0.1, 0.15) is 5.69 Å². The van der Waals surface area contributed by atoms with Gasteiger partial charge < -0.3 is 5.32 Å². The van der Waals surface area contributed by atoms with E-state index in [1.54, 1.807) is 6.92 Å². The molecule has 0 fully saturated rings. The number of nitrogens with one attached hydrogen (secondary N) is 1. The Labute approximate surface area is 91.1 Å². The van der Waals surface area contributed by atoms with Crippen LogP contribution >= 0.6 is 0 Å². The van der Waals surface area contributed by atoms with Crippen molar-refractivity contribution in [2.75, 3.05) is 5.32 Å². The van der Waals surface area contributed by atoms with Gasteiger partial charge in [-0.25, -0.2) is 9.97 Å². The Bertz CT molecular complexity index is 395. The first kappa shape index (κ1) is 12.3. The molecule has 0 aliphatic rings. The van der Waals surface area contributed by atoms with Crippen molar-refractivity contribution in [1.82, 2.24) is 9.97 Å². The van der Waals surface area contributed by atoms with Crippen LogP contribution in [0.15, 0.2) is 12.3 Å². The van der Waals surface area contributed by atoms with Gasteiger partial charge in [-0.3, -0.25) is 0 Å². The molecule has 0 spiro atoms. The first-order valence-electron chi connectivity index (χ1n) is 4.53. The van der Waals surface area contributed by atoms with Crippen molar-refractivity contribution >= 4 is 5.95 Å². The predicted molar refractivity (Wildman–Crippen MR) is 53.6 cm³/mol. The van der Waals surface area contributed by atoms with Crippen LogP contribution in [0, 0.1) is 12.3 Å². The Kier molecular flexibility index (Phi) is 3.72. The van der Waals surface area contributed by atoms with Crippen molar-refractivity contribution in [1.29, 1.82) is 0 Å². The second-order valence-corrected chi connectivity index (χ2v) is 3.22. The highest BCUT2D eigenvalue weighted by molar-refractivity contribution is 5.27. The number of anilines is 1. The predicted octanol–water partition coefficient (Wildman–Crippen LogP) is 2.32. The largest absolute Gasteiger partial charge is 0.433 e. The van der Waals surface area contributed by atoms with Crippen LogP contribution in [0.25, 0.3) is 0 Å². The quantitative estimate of drug-likeness (QED) is 0.808. The molecule has 0 aliphatic carbocycles. The maximum absolute atomic E-state index is 12.3. The SMILES string of the molecule is C#CCC(C)Nc1nccc(C(F)(F)F)n1. The fourth-order valence-corrected chi connectivity index (χ4v) is 1.03. The maximum Gasteiger partial charge on any atom is 0.433 e. The number of aromatic nitrogens is 2. The van der Waals surface area contributed by atoms with E-state index in [-0.39, 0.29) is 12.0 Å². The van der Waals surface area contributed by atoms with Crippen LogP contribution < -0.4 is 5.32 Å². The summed E-state index contributed by atoms with van der Waals surface area (Å²) in [4.78, 5) is 7.03. The van der Waals surface area contributed by atoms with E-state index in [0.29, 0.717) is 6.42 Å². The molecular weight excluding hydrogens is 219 g/mol. The van der Waals surface area contributed by atoms with Gasteiger partial charge in [0.25, 0.3) is 0 Å². The van der Waals surface area contributed by atoms with Gasteiger partial charge in [0.05, 0.1) is 0 Å². The fraction of sp³-hybridized carbons (Fsp3) is 0.400. The molecule has 1 aromatic heterocycles. The van der Waals surface area contributed by atoms with Gasteiger partial charge in [0.15, 0.2) is 0 Å². The van der Waals surface area contributed by atoms with E-state index >= 15 is 0 Å². The molecule has 3 nitrogen and oxygen atoms in total. The lowest BCUT2D eigenvalue weighted by Crippen LogP contribution is -2.18. The Morgan fingerprint density at radius 3 is 2.81 bits per heavy atom. The third-order valence-corrected chi connectivity index (χ3v) is 1.75. The minimum atomic E-state index is -4.46. The molecular formula is C10H10F3N3. The minimum absolute atomic E-state index is 0.0717. The van der Waals surface area contributed by atoms with Crippen molar-refractivity contribution < 1.29 is 13.2 Å². The highest BCUT2D eigenvalue weighted by atomic mass is 19.4. The number of hydrogen-bond donors (Lipinski definition) is 1. The lowest BCUT2D eigenvalue weighted by Gasteiger charge is -2.12. The van der Waals surface area contributed by atoms with E-state index in [2.05, 4.69) is 21.2 Å². The van der Waals surface area contributed by atoms with Crippen LogP contribution in [0.4, 0.5) is 19.1 Å². The first-order chi connectivity index (χ1) is 7.43. The molecule has 86 valence electrons. The molecule has 0 aliphatic heterocycles. The zero-order valence-electron chi connectivity index (χ0n) is 8.54. The van der Waals surface area contributed by atoms with Crippen molar-refractivity contribution in [2.24, 2.45) is 0 Å². The van der Waals surface area contributed by atoms with E-state index < -0.39 is 11.9 Å². The monoisotopic (exact) mass is 229 g/mol. The van der Waals surface area contributed by atoms with Gasteiger partial charge in [-0.2, -0.15) is 13.2 Å². The lowest BCUT2D eigenvalue weighted by molar-refractivity contribution is -0.141. The van der Waals surface area contributed by atoms with Crippen LogP contribution in [0.3, 0.4) is 0 Å². The molecule has 0 radical (unpaired) electrons. The van der Waals surface area contributed by atoms with Crippen LogP contribution in [0.1, 0.15) is 19.0 Å². The van der Waals surface area contributed by atoms with E-state index in [9.17, 15) is 13.2 Å². The minimum Gasteiger partial charge on any atom is -0.351 e. The first-order valence-corrected chi connectivity index (χ1v) is 4.53. The summed E-state index contributed by atoms with van der Waals surface area (Å²) >= 11 is 0. The van der Waals surface area contributed by atoms with E-state index in [1.165, 1.54) is 0 Å². The molecule has 1 aromatic rings. The molecule has 1 atom stereocenters. The normalized spacial score (nSPS) is 12.9. The molecule has 1 N–H and O–H groups in total. The molecule has 0 bridgehead atoms. The second-order valence-electron chi connectivity index (χ2n) is 3.22. The fourth-order valence-electron chi connectivity index (χ4n) is 1.03. The third kappa shape index (κ3) is 3.42. The van der Waals surface area contributed by atoms with Gasteiger partial charge in [0, 0.05) is 18.7 Å². The molecule has 0 amide bonds. The highest BCUT2D eigenvalue weighted by Crippen LogP contribution is 2.27. The highest BCUT2D eigenvalue weighted by Gasteiger charge is 2.32. The van der Waals surface area contributed by atoms with Gasteiger partial charge >= 0.3 is 6.18 Å². The molecule has 0 saturated carbocycles. The topological polar surface area (TPSA) is 37.8 Å². The summed E-state index contributed by atoms with van der Waals surface area (Å²) < 4.78 is 36.9. The molecule has 1 unspecified atom stereocenters. The van der Waals surface area contributed by atoms with Gasteiger partial charge in [0.2, 0.25) is 5.95 Å². The maximum atomic E-state index is 12.3. The number of nitrogens with zero attached hydrogens (tertiary/aromatic N) is 2. The smallest absolute Gasteiger partial charge is 0.351 e. The summed E-state index contributed by atoms with van der Waals surface area (Å²) in [5.41, 5.74) is -0.974. The van der Waals surface area contributed by atoms with Crippen molar-refractivity contribution in [3.8, 4) is 12.3 Å². The van der Waals surface area contributed by atoms with Gasteiger partial charge in [-0.05, 0) is 13.0 Å². The van der Waals surface area contributed by atoms with Crippen molar-refractivity contribution in [3.63, 3.8) is 0 Å². The van der Waals surface area contributed by atoms with E-state index in [1.807, 2.05) is 0 Å². The van der Waals surface area contributed by atoms with Crippen LogP contribution in [-0.2, 0) is 6.18 Å². The molecule has 1 rings (SSSR count). The summed E-state index contributed by atoms with van der Waals surface area (Å²) in [7, 11) is 0. The van der Waals surface area contributed by atoms with Crippen LogP contribution in [0.5, 0.6) is 0 Å². The lowest BCUT2D eigenvalue weighted by atomic mass is 10.2. The van der Waals surface area contributed by atoms with E-state index in [0.717, 1.165) is 12.3 Å². The molecule has 16 heavy (non-hydrogen) atoms. The Morgan fingerprint density at radius 1 is 1.56 bits per heavy atom. The van der Waals surface area contributed by atoms with Crippen LogP contribution in [0.2, 0.25) is 0 Å². The summed E-state index contributed by atoms with van der Waals surface area (Å²) in [5.74, 6) is 2.32. The summed E-state index contributed by atoms with van der Waals surface area (Å²) in [6, 6.07) is 0.644. The Balaban J connectivity index is 2.80. The van der Waals surface area contributed by atoms with Gasteiger partial charge in [-0.1, -0.05) is 0 Å². The Morgan fingerprint density at radius 2 is 2.25 bits per heavy atom. The third-order valence-electron chi connectivity index (χ3n) is 1.75. The van der Waals surface area contributed by atoms with Gasteiger partial charge in [-0.15, -0.1) is 12.3 Å². The second kappa shape index (κ2) is 4.84. The number of terminal acetylenes is 1. The average molecular weight is 229 g/mol. The molecule has 1 heterocycles. The van der Waals surface area contributed by atoms with Crippen LogP contribution in [-0.4, -0.2) is 16.0 Å². The zero-order valence-corrected chi connectivity index (χ0v) is 8.54. The number of alkyl halides is 3. The average Bonchev–Trinajstić information content (AvgIpc) is 2.17. The van der Waals surface area contributed by atoms with Crippen molar-refractivity contribution in [3.05, 3.63) is 18.0 Å². The number of hydrogen-bond acceptors (Lipinski definition) is 3. The molecule has 6 heteroatoms.